The van der Waals surface area contributed by atoms with Crippen LogP contribution in [-0.4, -0.2) is 21.7 Å². The van der Waals surface area contributed by atoms with Gasteiger partial charge < -0.3 is 19.1 Å². The predicted octanol–water partition coefficient (Wildman–Crippen LogP) is 6.16. The van der Waals surface area contributed by atoms with E-state index in [9.17, 15) is 23.1 Å². The molecular formula is C25H26F3NO4. The molecule has 33 heavy (non-hydrogen) atoms. The molecule has 3 aromatic rings. The molecule has 0 bridgehead atoms. The van der Waals surface area contributed by atoms with Gasteiger partial charge in [-0.05, 0) is 62.2 Å². The molecule has 2 aromatic carbocycles. The molecule has 2 heterocycles. The van der Waals surface area contributed by atoms with Crippen molar-refractivity contribution in [3.8, 4) is 11.5 Å². The molecule has 1 atom stereocenters. The van der Waals surface area contributed by atoms with Gasteiger partial charge in [0.1, 0.15) is 18.1 Å². The fourth-order valence-corrected chi connectivity index (χ4v) is 4.49. The van der Waals surface area contributed by atoms with E-state index in [2.05, 4.69) is 4.57 Å². The number of aliphatic carboxylic acids is 1. The summed E-state index contributed by atoms with van der Waals surface area (Å²) < 4.78 is 53.7. The normalized spacial score (nSPS) is 18.0. The van der Waals surface area contributed by atoms with Crippen molar-refractivity contribution in [1.82, 2.24) is 4.57 Å². The number of rotatable bonds is 7. The van der Waals surface area contributed by atoms with Crippen molar-refractivity contribution in [2.45, 2.75) is 64.5 Å². The number of aryl methyl sites for hydroxylation is 1. The van der Waals surface area contributed by atoms with Crippen LogP contribution >= 0.6 is 0 Å². The number of carbonyl (C=O) groups is 1. The van der Waals surface area contributed by atoms with Gasteiger partial charge in [0.05, 0.1) is 18.1 Å². The molecule has 176 valence electrons. The Morgan fingerprint density at radius 3 is 2.61 bits per heavy atom. The van der Waals surface area contributed by atoms with E-state index in [-0.39, 0.29) is 24.9 Å². The first kappa shape index (κ1) is 23.0. The van der Waals surface area contributed by atoms with Gasteiger partial charge >= 0.3 is 12.1 Å². The highest BCUT2D eigenvalue weighted by atomic mass is 19.4. The van der Waals surface area contributed by atoms with Gasteiger partial charge in [0.2, 0.25) is 0 Å². The lowest BCUT2D eigenvalue weighted by molar-refractivity contribution is -0.139. The minimum absolute atomic E-state index is 0.0269. The van der Waals surface area contributed by atoms with Crippen LogP contribution < -0.4 is 9.47 Å². The first-order valence-corrected chi connectivity index (χ1v) is 10.8. The zero-order chi connectivity index (χ0) is 24.0. The molecule has 8 heteroatoms. The lowest BCUT2D eigenvalue weighted by Crippen LogP contribution is -2.22. The summed E-state index contributed by atoms with van der Waals surface area (Å²) in [6.07, 6.45) is -4.08. The van der Waals surface area contributed by atoms with Crippen LogP contribution in [0.15, 0.2) is 42.5 Å². The van der Waals surface area contributed by atoms with E-state index in [1.807, 2.05) is 25.1 Å². The van der Waals surface area contributed by atoms with Gasteiger partial charge in [0, 0.05) is 28.6 Å². The van der Waals surface area contributed by atoms with E-state index < -0.39 is 23.1 Å². The maximum Gasteiger partial charge on any atom is 0.419 e. The fraction of sp³-hybridized carbons (Fsp3) is 0.400. The quantitative estimate of drug-likeness (QED) is 0.458. The Morgan fingerprint density at radius 2 is 1.94 bits per heavy atom. The molecule has 1 aliphatic heterocycles. The van der Waals surface area contributed by atoms with Crippen molar-refractivity contribution < 1.29 is 32.5 Å². The van der Waals surface area contributed by atoms with E-state index in [1.54, 1.807) is 26.0 Å². The third-order valence-corrected chi connectivity index (χ3v) is 6.04. The Morgan fingerprint density at radius 1 is 1.18 bits per heavy atom. The van der Waals surface area contributed by atoms with E-state index in [4.69, 9.17) is 9.47 Å². The number of alkyl halides is 3. The Kier molecular flexibility index (Phi) is 5.80. The number of ether oxygens (including phenoxy) is 2. The molecule has 0 fully saturated rings. The van der Waals surface area contributed by atoms with Crippen molar-refractivity contribution in [2.75, 3.05) is 0 Å². The van der Waals surface area contributed by atoms with Crippen LogP contribution in [0.1, 0.15) is 50.4 Å². The number of carboxylic acids is 1. The molecule has 0 amide bonds. The highest BCUT2D eigenvalue weighted by Crippen LogP contribution is 2.42. The molecule has 0 saturated heterocycles. The zero-order valence-electron chi connectivity index (χ0n) is 18.7. The monoisotopic (exact) mass is 461 g/mol. The minimum atomic E-state index is -4.53. The van der Waals surface area contributed by atoms with Crippen molar-refractivity contribution in [3.05, 3.63) is 59.3 Å². The SMILES string of the molecule is CC(C)Oc1ccc(COc2ccc3c(c2)cc2n3CC[C@@]2(C)CC(=O)O)cc1C(F)(F)F. The summed E-state index contributed by atoms with van der Waals surface area (Å²) in [5.41, 5.74) is 1.09. The van der Waals surface area contributed by atoms with Crippen molar-refractivity contribution in [3.63, 3.8) is 0 Å². The maximum absolute atomic E-state index is 13.5. The predicted molar refractivity (Wildman–Crippen MR) is 118 cm³/mol. The van der Waals surface area contributed by atoms with E-state index in [1.165, 1.54) is 6.07 Å². The Bertz CT molecular complexity index is 1200. The van der Waals surface area contributed by atoms with E-state index >= 15 is 0 Å². The number of halogens is 3. The molecule has 0 spiro atoms. The standard InChI is InChI=1S/C25H26F3NO4/c1-15(2)33-21-7-4-16(10-19(21)25(26,27)28)14-32-18-5-6-20-17(11-18)12-22-24(3,13-23(30)31)8-9-29(20)22/h4-7,10-12,15H,8-9,13-14H2,1-3H3,(H,30,31)/t24-/m0/s1. The second kappa shape index (κ2) is 8.32. The Hall–Kier alpha value is -3.16. The van der Waals surface area contributed by atoms with Crippen molar-refractivity contribution in [1.29, 1.82) is 0 Å². The lowest BCUT2D eigenvalue weighted by atomic mass is 9.82. The van der Waals surface area contributed by atoms with Gasteiger partial charge in [-0.2, -0.15) is 13.2 Å². The summed E-state index contributed by atoms with van der Waals surface area (Å²) in [4.78, 5) is 11.3. The van der Waals surface area contributed by atoms with E-state index in [0.29, 0.717) is 11.3 Å². The van der Waals surface area contributed by atoms with Gasteiger partial charge in [-0.1, -0.05) is 13.0 Å². The topological polar surface area (TPSA) is 60.7 Å². The Labute approximate surface area is 189 Å². The first-order valence-electron chi connectivity index (χ1n) is 10.8. The highest BCUT2D eigenvalue weighted by molar-refractivity contribution is 5.84. The highest BCUT2D eigenvalue weighted by Gasteiger charge is 2.38. The molecule has 1 N–H and O–H groups in total. The largest absolute Gasteiger partial charge is 0.490 e. The number of hydrogen-bond donors (Lipinski definition) is 1. The second-order valence-corrected chi connectivity index (χ2v) is 9.07. The third-order valence-electron chi connectivity index (χ3n) is 6.04. The smallest absolute Gasteiger partial charge is 0.419 e. The number of aromatic nitrogens is 1. The van der Waals surface area contributed by atoms with Gasteiger partial charge in [-0.15, -0.1) is 0 Å². The average Bonchev–Trinajstić information content (AvgIpc) is 3.22. The molecule has 0 unspecified atom stereocenters. The molecule has 0 saturated carbocycles. The third kappa shape index (κ3) is 4.65. The lowest BCUT2D eigenvalue weighted by Gasteiger charge is -2.20. The number of fused-ring (bicyclic) bond motifs is 3. The zero-order valence-corrected chi connectivity index (χ0v) is 18.7. The molecule has 1 aliphatic rings. The summed E-state index contributed by atoms with van der Waals surface area (Å²) in [6, 6.07) is 11.5. The summed E-state index contributed by atoms with van der Waals surface area (Å²) in [5.74, 6) is -0.499. The van der Waals surface area contributed by atoms with Crippen LogP contribution in [-0.2, 0) is 29.5 Å². The molecule has 1 aromatic heterocycles. The molecule has 4 rings (SSSR count). The first-order chi connectivity index (χ1) is 15.5. The van der Waals surface area contributed by atoms with Crippen LogP contribution in [0.25, 0.3) is 10.9 Å². The number of nitrogens with zero attached hydrogens (tertiary/aromatic N) is 1. The van der Waals surface area contributed by atoms with Crippen LogP contribution in [0.3, 0.4) is 0 Å². The van der Waals surface area contributed by atoms with Gasteiger partial charge in [0.25, 0.3) is 0 Å². The maximum atomic E-state index is 13.5. The fourth-order valence-electron chi connectivity index (χ4n) is 4.49. The summed E-state index contributed by atoms with van der Waals surface area (Å²) in [7, 11) is 0. The molecule has 5 nitrogen and oxygen atoms in total. The van der Waals surface area contributed by atoms with Crippen LogP contribution in [0.4, 0.5) is 13.2 Å². The summed E-state index contributed by atoms with van der Waals surface area (Å²) in [5, 5.41) is 10.2. The molecule has 0 aliphatic carbocycles. The van der Waals surface area contributed by atoms with Crippen molar-refractivity contribution in [2.24, 2.45) is 0 Å². The minimum Gasteiger partial charge on any atom is -0.490 e. The van der Waals surface area contributed by atoms with Crippen LogP contribution in [0, 0.1) is 0 Å². The number of benzene rings is 2. The number of hydrogen-bond acceptors (Lipinski definition) is 3. The summed E-state index contributed by atoms with van der Waals surface area (Å²) >= 11 is 0. The summed E-state index contributed by atoms with van der Waals surface area (Å²) in [6.45, 7) is 6.03. The van der Waals surface area contributed by atoms with Crippen molar-refractivity contribution >= 4 is 16.9 Å². The van der Waals surface area contributed by atoms with Gasteiger partial charge in [-0.3, -0.25) is 4.79 Å². The average molecular weight is 461 g/mol. The second-order valence-electron chi connectivity index (χ2n) is 9.07. The molecule has 0 radical (unpaired) electrons. The molecular weight excluding hydrogens is 435 g/mol. The Balaban J connectivity index is 1.55. The van der Waals surface area contributed by atoms with Crippen LogP contribution in [0.2, 0.25) is 0 Å². The van der Waals surface area contributed by atoms with Gasteiger partial charge in [-0.25, -0.2) is 0 Å². The van der Waals surface area contributed by atoms with Crippen LogP contribution in [0.5, 0.6) is 11.5 Å². The number of carboxylic acid groups (broad SMARTS) is 1. The van der Waals surface area contributed by atoms with E-state index in [0.717, 1.165) is 35.6 Å². The van der Waals surface area contributed by atoms with Gasteiger partial charge in [0.15, 0.2) is 0 Å².